The van der Waals surface area contributed by atoms with E-state index in [1.807, 2.05) is 0 Å². The van der Waals surface area contributed by atoms with Crippen LogP contribution in [-0.4, -0.2) is 0 Å². The Bertz CT molecular complexity index is 2360. The average molecular weight is 765 g/mol. The molecule has 1 fully saturated rings. The zero-order valence-corrected chi connectivity index (χ0v) is 24.2. The fourth-order valence-electron chi connectivity index (χ4n) is 4.92. The molecule has 0 unspecified atom stereocenters. The first-order valence-electron chi connectivity index (χ1n) is 12.8. The lowest BCUT2D eigenvalue weighted by atomic mass is 9.93. The Morgan fingerprint density at radius 2 is 0.868 bits per heavy atom. The number of benzene rings is 3. The summed E-state index contributed by atoms with van der Waals surface area (Å²) in [5.41, 5.74) is -30.4. The van der Waals surface area contributed by atoms with Crippen LogP contribution in [0, 0.1) is 111 Å². The van der Waals surface area contributed by atoms with Gasteiger partial charge in [0.25, 0.3) is 5.69 Å². The molecule has 0 amide bonds. The monoisotopic (exact) mass is 765 g/mol. The van der Waals surface area contributed by atoms with E-state index in [4.69, 9.17) is 18.4 Å². The summed E-state index contributed by atoms with van der Waals surface area (Å²) in [6.45, 7) is 14.0. The summed E-state index contributed by atoms with van der Waals surface area (Å²) in [6, 6.07) is 2.04. The van der Waals surface area contributed by atoms with Gasteiger partial charge in [0.05, 0.1) is 35.4 Å². The van der Waals surface area contributed by atoms with Gasteiger partial charge >= 0.3 is 12.4 Å². The Hall–Kier alpha value is -6.86. The van der Waals surface area contributed by atoms with Crippen molar-refractivity contribution in [2.45, 2.75) is 12.4 Å². The highest BCUT2D eigenvalue weighted by atomic mass is 19.4. The first kappa shape index (κ1) is 38.9. The lowest BCUT2D eigenvalue weighted by Crippen LogP contribution is -2.22. The molecule has 268 valence electrons. The second-order valence-corrected chi connectivity index (χ2v) is 9.83. The van der Waals surface area contributed by atoms with Crippen LogP contribution in [0.25, 0.3) is 26.5 Å². The van der Waals surface area contributed by atoms with Crippen molar-refractivity contribution in [2.24, 2.45) is 0 Å². The lowest BCUT2D eigenvalue weighted by Gasteiger charge is -2.19. The predicted octanol–water partition coefficient (Wildman–Crippen LogP) is 10.3. The smallest absolute Gasteiger partial charge is 0.237 e. The summed E-state index contributed by atoms with van der Waals surface area (Å²) in [6.07, 6.45) is -13.0. The zero-order valence-electron chi connectivity index (χ0n) is 24.2. The summed E-state index contributed by atoms with van der Waals surface area (Å²) in [7, 11) is 0. The molecule has 0 saturated heterocycles. The van der Waals surface area contributed by atoms with E-state index in [9.17, 15) is 63.2 Å². The van der Waals surface area contributed by atoms with E-state index in [0.29, 0.717) is 12.1 Å². The van der Waals surface area contributed by atoms with Crippen molar-refractivity contribution < 1.29 is 74.6 Å². The standard InChI is InChI=1S/C31F17N5/c1-52-28(14-22(37)17(32)8(5-51)18(33)23(14)38)13-9(10(13)7(4-50)12-20(35)26(41)29(53-2)27(42)21(12)36)6(3-49)11-15(30(43,44)45)24(39)16(31(46,47)48)25(40)19(11)34. The SMILES string of the molecule is [C-]#[N+]C(=C1C(=C(C#N)c2c(F)c(F)c([N+]#[C-])c(F)c2F)C1=C(C#N)c1c(F)c(F)c(C(F)(F)F)c(F)c1C(F)(F)F)c1c(F)c(F)c(C#N)c(F)c1F. The molecule has 0 heterocycles. The molecule has 1 aliphatic rings. The Balaban J connectivity index is 2.45. The Morgan fingerprint density at radius 1 is 0.472 bits per heavy atom. The van der Waals surface area contributed by atoms with Gasteiger partial charge in [0, 0.05) is 5.56 Å². The highest BCUT2D eigenvalue weighted by molar-refractivity contribution is 6.11. The number of alkyl halides is 6. The molecule has 0 aliphatic heterocycles. The molecule has 1 aliphatic carbocycles. The van der Waals surface area contributed by atoms with Gasteiger partial charge in [-0.1, -0.05) is 0 Å². The summed E-state index contributed by atoms with van der Waals surface area (Å²) < 4.78 is 246. The molecular weight excluding hydrogens is 765 g/mol. The average Bonchev–Trinajstić information content (AvgIpc) is 3.78. The fourth-order valence-corrected chi connectivity index (χ4v) is 4.92. The normalized spacial score (nSPS) is 15.5. The van der Waals surface area contributed by atoms with Crippen LogP contribution in [-0.2, 0) is 12.4 Å². The van der Waals surface area contributed by atoms with Crippen molar-refractivity contribution in [2.75, 3.05) is 0 Å². The van der Waals surface area contributed by atoms with Gasteiger partial charge in [-0.2, -0.15) is 42.1 Å². The molecule has 0 radical (unpaired) electrons. The van der Waals surface area contributed by atoms with Gasteiger partial charge in [-0.05, 0) is 16.7 Å². The molecule has 0 atom stereocenters. The topological polar surface area (TPSA) is 80.1 Å². The van der Waals surface area contributed by atoms with E-state index in [0.717, 1.165) is 6.07 Å². The maximum absolute atomic E-state index is 15.3. The molecule has 5 nitrogen and oxygen atoms in total. The van der Waals surface area contributed by atoms with Gasteiger partial charge in [0.2, 0.25) is 5.70 Å². The Kier molecular flexibility index (Phi) is 9.58. The van der Waals surface area contributed by atoms with Crippen molar-refractivity contribution in [1.82, 2.24) is 0 Å². The number of nitriles is 3. The van der Waals surface area contributed by atoms with Crippen molar-refractivity contribution in [1.29, 1.82) is 15.8 Å². The van der Waals surface area contributed by atoms with Crippen LogP contribution in [0.4, 0.5) is 80.3 Å². The Morgan fingerprint density at radius 3 is 1.23 bits per heavy atom. The second-order valence-electron chi connectivity index (χ2n) is 9.83. The number of halogens is 17. The third kappa shape index (κ3) is 5.72. The van der Waals surface area contributed by atoms with Gasteiger partial charge in [-0.3, -0.25) is 0 Å². The first-order valence-corrected chi connectivity index (χ1v) is 12.8. The summed E-state index contributed by atoms with van der Waals surface area (Å²) in [4.78, 5) is 4.59. The summed E-state index contributed by atoms with van der Waals surface area (Å²) in [5, 5.41) is 28.4. The Labute approximate surface area is 280 Å². The fraction of sp³-hybridized carbons (Fsp3) is 0.0645. The minimum atomic E-state index is -6.56. The highest BCUT2D eigenvalue weighted by Crippen LogP contribution is 2.59. The van der Waals surface area contributed by atoms with Crippen molar-refractivity contribution in [3.05, 3.63) is 137 Å². The van der Waals surface area contributed by atoms with Crippen LogP contribution in [0.5, 0.6) is 0 Å². The summed E-state index contributed by atoms with van der Waals surface area (Å²) >= 11 is 0. The van der Waals surface area contributed by atoms with Crippen LogP contribution in [0.3, 0.4) is 0 Å². The molecule has 22 heteroatoms. The molecule has 1 saturated carbocycles. The van der Waals surface area contributed by atoms with Crippen molar-refractivity contribution >= 4 is 22.5 Å². The van der Waals surface area contributed by atoms with Crippen LogP contribution < -0.4 is 0 Å². The largest absolute Gasteiger partial charge is 0.422 e. The van der Waals surface area contributed by atoms with E-state index >= 15 is 22.0 Å². The quantitative estimate of drug-likeness (QED) is 0.115. The molecule has 0 N–H and O–H groups in total. The third-order valence-corrected chi connectivity index (χ3v) is 7.11. The molecular formula is C31F17N5. The number of rotatable bonds is 3. The van der Waals surface area contributed by atoms with Gasteiger partial charge in [-0.25, -0.2) is 58.0 Å². The van der Waals surface area contributed by atoms with Crippen molar-refractivity contribution in [3.63, 3.8) is 0 Å². The van der Waals surface area contributed by atoms with Crippen LogP contribution >= 0.6 is 0 Å². The van der Waals surface area contributed by atoms with Crippen LogP contribution in [0.15, 0.2) is 16.7 Å². The van der Waals surface area contributed by atoms with E-state index in [1.54, 1.807) is 0 Å². The minimum Gasteiger partial charge on any atom is -0.237 e. The molecule has 0 spiro atoms. The predicted molar refractivity (Wildman–Crippen MR) is 138 cm³/mol. The lowest BCUT2D eigenvalue weighted by molar-refractivity contribution is -0.150. The maximum Gasteiger partial charge on any atom is 0.422 e. The van der Waals surface area contributed by atoms with E-state index in [1.165, 1.54) is 0 Å². The van der Waals surface area contributed by atoms with E-state index < -0.39 is 149 Å². The number of allylic oxidation sites excluding steroid dienone is 5. The van der Waals surface area contributed by atoms with Gasteiger partial charge in [-0.15, -0.1) is 0 Å². The van der Waals surface area contributed by atoms with Gasteiger partial charge in [0.15, 0.2) is 64.0 Å². The molecule has 0 aromatic heterocycles. The number of hydrogen-bond donors (Lipinski definition) is 0. The maximum atomic E-state index is 15.3. The molecule has 3 aromatic carbocycles. The van der Waals surface area contributed by atoms with Crippen molar-refractivity contribution in [3.8, 4) is 18.2 Å². The van der Waals surface area contributed by atoms with E-state index in [-0.39, 0.29) is 0 Å². The van der Waals surface area contributed by atoms with E-state index in [2.05, 4.69) is 9.69 Å². The van der Waals surface area contributed by atoms with Crippen LogP contribution in [0.2, 0.25) is 0 Å². The zero-order chi connectivity index (χ0) is 40.4. The van der Waals surface area contributed by atoms with Crippen LogP contribution in [0.1, 0.15) is 33.4 Å². The third-order valence-electron chi connectivity index (χ3n) is 7.11. The van der Waals surface area contributed by atoms with Gasteiger partial charge in [0.1, 0.15) is 34.9 Å². The first-order chi connectivity index (χ1) is 24.5. The molecule has 53 heavy (non-hydrogen) atoms. The second kappa shape index (κ2) is 13.0. The molecule has 3 aromatic rings. The number of hydrogen-bond acceptors (Lipinski definition) is 3. The highest BCUT2D eigenvalue weighted by Gasteiger charge is 2.51. The summed E-state index contributed by atoms with van der Waals surface area (Å²) in [5.74, 6) is -31.8. The van der Waals surface area contributed by atoms with Gasteiger partial charge < -0.3 is 0 Å². The minimum absolute atomic E-state index is 0.598. The molecule has 0 bridgehead atoms. The molecule has 4 rings (SSSR count). The number of nitrogens with zero attached hydrogens (tertiary/aromatic N) is 5.